The molecule has 0 aromatic heterocycles. The summed E-state index contributed by atoms with van der Waals surface area (Å²) in [6.45, 7) is 8.71. The van der Waals surface area contributed by atoms with E-state index in [1.54, 1.807) is 21.0 Å². The lowest BCUT2D eigenvalue weighted by atomic mass is 9.84. The first-order chi connectivity index (χ1) is 7.27. The van der Waals surface area contributed by atoms with Gasteiger partial charge in [0.25, 0.3) is 0 Å². The highest BCUT2D eigenvalue weighted by atomic mass is 16.5. The van der Waals surface area contributed by atoms with Gasteiger partial charge in [-0.2, -0.15) is 0 Å². The number of hydrogen-bond donors (Lipinski definition) is 1. The van der Waals surface area contributed by atoms with Crippen molar-refractivity contribution in [1.82, 2.24) is 0 Å². The largest absolute Gasteiger partial charge is 0.385 e. The SMILES string of the molecule is COCCCCC(C)(C)CC#CC(C)(C)O. The molecule has 0 saturated heterocycles. The smallest absolute Gasteiger partial charge is 0.119 e. The van der Waals surface area contributed by atoms with Crippen molar-refractivity contribution in [3.63, 3.8) is 0 Å². The van der Waals surface area contributed by atoms with Crippen LogP contribution in [-0.2, 0) is 4.74 Å². The summed E-state index contributed by atoms with van der Waals surface area (Å²) in [5, 5.41) is 9.47. The molecule has 0 heterocycles. The molecule has 2 heteroatoms. The molecule has 1 N–H and O–H groups in total. The summed E-state index contributed by atoms with van der Waals surface area (Å²) >= 11 is 0. The van der Waals surface area contributed by atoms with E-state index < -0.39 is 5.60 Å². The Kier molecular flexibility index (Phi) is 6.71. The Bertz CT molecular complexity index is 238. The Morgan fingerprint density at radius 2 is 1.75 bits per heavy atom. The molecule has 16 heavy (non-hydrogen) atoms. The van der Waals surface area contributed by atoms with Crippen LogP contribution in [0.3, 0.4) is 0 Å². The van der Waals surface area contributed by atoms with E-state index in [0.29, 0.717) is 0 Å². The van der Waals surface area contributed by atoms with E-state index in [0.717, 1.165) is 25.9 Å². The summed E-state index contributed by atoms with van der Waals surface area (Å²) in [5.74, 6) is 5.94. The van der Waals surface area contributed by atoms with Crippen molar-refractivity contribution in [2.45, 2.75) is 59.0 Å². The fraction of sp³-hybridized carbons (Fsp3) is 0.857. The van der Waals surface area contributed by atoms with Gasteiger partial charge in [-0.15, -0.1) is 0 Å². The quantitative estimate of drug-likeness (QED) is 0.557. The first-order valence-electron chi connectivity index (χ1n) is 5.98. The zero-order valence-corrected chi connectivity index (χ0v) is 11.4. The average Bonchev–Trinajstić information content (AvgIpc) is 2.10. The van der Waals surface area contributed by atoms with Gasteiger partial charge in [-0.3, -0.25) is 0 Å². The lowest BCUT2D eigenvalue weighted by Gasteiger charge is -2.21. The maximum Gasteiger partial charge on any atom is 0.119 e. The average molecular weight is 226 g/mol. The van der Waals surface area contributed by atoms with E-state index in [1.807, 2.05) is 0 Å². The van der Waals surface area contributed by atoms with Gasteiger partial charge in [-0.25, -0.2) is 0 Å². The molecule has 0 rings (SSSR count). The third-order valence-electron chi connectivity index (χ3n) is 2.41. The Morgan fingerprint density at radius 3 is 2.25 bits per heavy atom. The van der Waals surface area contributed by atoms with Crippen molar-refractivity contribution >= 4 is 0 Å². The van der Waals surface area contributed by atoms with Crippen molar-refractivity contribution in [2.24, 2.45) is 5.41 Å². The van der Waals surface area contributed by atoms with Crippen molar-refractivity contribution in [2.75, 3.05) is 13.7 Å². The van der Waals surface area contributed by atoms with E-state index in [-0.39, 0.29) is 5.41 Å². The highest BCUT2D eigenvalue weighted by molar-refractivity contribution is 5.11. The zero-order chi connectivity index (χ0) is 12.7. The summed E-state index contributed by atoms with van der Waals surface area (Å²) in [4.78, 5) is 0. The summed E-state index contributed by atoms with van der Waals surface area (Å²) in [7, 11) is 1.74. The van der Waals surface area contributed by atoms with E-state index in [4.69, 9.17) is 4.74 Å². The van der Waals surface area contributed by atoms with Gasteiger partial charge in [0.05, 0.1) is 0 Å². The molecule has 0 bridgehead atoms. The van der Waals surface area contributed by atoms with E-state index in [2.05, 4.69) is 25.7 Å². The molecule has 0 fully saturated rings. The van der Waals surface area contributed by atoms with Crippen LogP contribution < -0.4 is 0 Å². The monoisotopic (exact) mass is 226 g/mol. The van der Waals surface area contributed by atoms with Gasteiger partial charge < -0.3 is 9.84 Å². The molecule has 0 unspecified atom stereocenters. The highest BCUT2D eigenvalue weighted by Gasteiger charge is 2.16. The molecule has 94 valence electrons. The summed E-state index contributed by atoms with van der Waals surface area (Å²) in [6.07, 6.45) is 4.27. The highest BCUT2D eigenvalue weighted by Crippen LogP contribution is 2.26. The van der Waals surface area contributed by atoms with Gasteiger partial charge in [0.1, 0.15) is 5.60 Å². The number of methoxy groups -OCH3 is 1. The summed E-state index contributed by atoms with van der Waals surface area (Å²) < 4.78 is 5.02. The van der Waals surface area contributed by atoms with Gasteiger partial charge in [-0.05, 0) is 32.1 Å². The number of ether oxygens (including phenoxy) is 1. The van der Waals surface area contributed by atoms with Crippen LogP contribution in [0.15, 0.2) is 0 Å². The van der Waals surface area contributed by atoms with Gasteiger partial charge in [0.15, 0.2) is 0 Å². The minimum absolute atomic E-state index is 0.228. The normalized spacial score (nSPS) is 12.1. The maximum atomic E-state index is 9.47. The Morgan fingerprint density at radius 1 is 1.12 bits per heavy atom. The Labute approximate surface area is 100 Å². The number of hydrogen-bond acceptors (Lipinski definition) is 2. The van der Waals surface area contributed by atoms with Crippen molar-refractivity contribution in [3.05, 3.63) is 0 Å². The van der Waals surface area contributed by atoms with Crippen molar-refractivity contribution < 1.29 is 9.84 Å². The number of unbranched alkanes of at least 4 members (excludes halogenated alkanes) is 1. The van der Waals surface area contributed by atoms with E-state index in [9.17, 15) is 5.11 Å². The molecule has 0 aromatic rings. The van der Waals surface area contributed by atoms with E-state index in [1.165, 1.54) is 6.42 Å². The molecule has 2 nitrogen and oxygen atoms in total. The van der Waals surface area contributed by atoms with Crippen LogP contribution in [-0.4, -0.2) is 24.4 Å². The molecular weight excluding hydrogens is 200 g/mol. The minimum atomic E-state index is -0.869. The van der Waals surface area contributed by atoms with Crippen molar-refractivity contribution in [1.29, 1.82) is 0 Å². The molecule has 0 aliphatic rings. The van der Waals surface area contributed by atoms with Crippen molar-refractivity contribution in [3.8, 4) is 11.8 Å². The Balaban J connectivity index is 3.89. The second kappa shape index (κ2) is 6.93. The van der Waals surface area contributed by atoms with Crippen LogP contribution in [0, 0.1) is 17.3 Å². The molecule has 0 radical (unpaired) electrons. The summed E-state index contributed by atoms with van der Waals surface area (Å²) in [5.41, 5.74) is -0.641. The molecule has 0 aliphatic carbocycles. The van der Waals surface area contributed by atoms with Crippen LogP contribution in [0.2, 0.25) is 0 Å². The fourth-order valence-electron chi connectivity index (χ4n) is 1.44. The van der Waals surface area contributed by atoms with Gasteiger partial charge in [-0.1, -0.05) is 32.1 Å². The molecule has 0 spiro atoms. The van der Waals surface area contributed by atoms with Crippen LogP contribution in [0.5, 0.6) is 0 Å². The minimum Gasteiger partial charge on any atom is -0.385 e. The molecule has 0 aromatic carbocycles. The summed E-state index contributed by atoms with van der Waals surface area (Å²) in [6, 6.07) is 0. The fourth-order valence-corrected chi connectivity index (χ4v) is 1.44. The van der Waals surface area contributed by atoms with Crippen LogP contribution in [0.25, 0.3) is 0 Å². The number of rotatable bonds is 6. The second-order valence-electron chi connectivity index (χ2n) is 5.65. The molecule has 0 saturated carbocycles. The molecule has 0 atom stereocenters. The lowest BCUT2D eigenvalue weighted by Crippen LogP contribution is -2.16. The lowest BCUT2D eigenvalue weighted by molar-refractivity contribution is 0.143. The first-order valence-corrected chi connectivity index (χ1v) is 5.98. The molecular formula is C14H26O2. The zero-order valence-electron chi connectivity index (χ0n) is 11.4. The predicted molar refractivity (Wildman–Crippen MR) is 68.2 cm³/mol. The molecule has 0 amide bonds. The maximum absolute atomic E-state index is 9.47. The Hall–Kier alpha value is -0.520. The molecule has 0 aliphatic heterocycles. The van der Waals surface area contributed by atoms with Crippen LogP contribution in [0.4, 0.5) is 0 Å². The first kappa shape index (κ1) is 15.5. The standard InChI is InChI=1S/C14H26O2/c1-13(2,9-6-7-12-16-5)10-8-11-14(3,4)15/h15H,6-7,9-10,12H2,1-5H3. The topological polar surface area (TPSA) is 29.5 Å². The van der Waals surface area contributed by atoms with Gasteiger partial charge in [0, 0.05) is 20.1 Å². The number of aliphatic hydroxyl groups is 1. The van der Waals surface area contributed by atoms with E-state index >= 15 is 0 Å². The third-order valence-corrected chi connectivity index (χ3v) is 2.41. The van der Waals surface area contributed by atoms with Gasteiger partial charge >= 0.3 is 0 Å². The van der Waals surface area contributed by atoms with Crippen LogP contribution in [0.1, 0.15) is 53.4 Å². The predicted octanol–water partition coefficient (Wildman–Crippen LogP) is 2.99. The second-order valence-corrected chi connectivity index (χ2v) is 5.65. The van der Waals surface area contributed by atoms with Crippen LogP contribution >= 0.6 is 0 Å². The van der Waals surface area contributed by atoms with Gasteiger partial charge in [0.2, 0.25) is 0 Å². The third kappa shape index (κ3) is 10.0.